The fraction of sp³-hybridized carbons (Fsp3) is 0.500. The van der Waals surface area contributed by atoms with E-state index in [1.807, 2.05) is 0 Å². The molecule has 2 rings (SSSR count). The Morgan fingerprint density at radius 1 is 1.65 bits per heavy atom. The molecule has 0 radical (unpaired) electrons. The highest BCUT2D eigenvalue weighted by Crippen LogP contribution is 2.25. The number of aromatic amines is 1. The standard InChI is InChI=1S/C8H11BrN4O3S/c9-6-2-7(12-11-6)13-3-5(1-8(13)14)4-17(10,15)16/h2,5H,1,3-4H2,(H,11,12)(H2,10,15,16). The number of carbonyl (C=O) groups is 1. The van der Waals surface area contributed by atoms with Crippen molar-refractivity contribution in [2.24, 2.45) is 11.1 Å². The van der Waals surface area contributed by atoms with E-state index < -0.39 is 10.0 Å². The van der Waals surface area contributed by atoms with Gasteiger partial charge >= 0.3 is 0 Å². The maximum atomic E-state index is 11.7. The number of H-pyrrole nitrogens is 1. The number of carbonyl (C=O) groups excluding carboxylic acids is 1. The smallest absolute Gasteiger partial charge is 0.228 e. The molecule has 1 saturated heterocycles. The van der Waals surface area contributed by atoms with Crippen molar-refractivity contribution in [1.82, 2.24) is 10.2 Å². The normalized spacial score (nSPS) is 21.2. The van der Waals surface area contributed by atoms with Crippen molar-refractivity contribution in [2.75, 3.05) is 17.2 Å². The summed E-state index contributed by atoms with van der Waals surface area (Å²) in [7, 11) is -3.55. The maximum Gasteiger partial charge on any atom is 0.228 e. The van der Waals surface area contributed by atoms with Crippen molar-refractivity contribution in [3.63, 3.8) is 0 Å². The minimum atomic E-state index is -3.55. The first-order valence-corrected chi connectivity index (χ1v) is 7.38. The van der Waals surface area contributed by atoms with Crippen LogP contribution in [0.15, 0.2) is 10.7 Å². The van der Waals surface area contributed by atoms with Gasteiger partial charge in [0, 0.05) is 24.9 Å². The molecule has 1 unspecified atom stereocenters. The zero-order valence-electron chi connectivity index (χ0n) is 8.76. The summed E-state index contributed by atoms with van der Waals surface area (Å²) >= 11 is 3.19. The third kappa shape index (κ3) is 3.05. The molecule has 1 fully saturated rings. The lowest BCUT2D eigenvalue weighted by molar-refractivity contribution is -0.117. The number of hydrogen-bond acceptors (Lipinski definition) is 4. The van der Waals surface area contributed by atoms with Gasteiger partial charge in [0.15, 0.2) is 5.82 Å². The molecule has 0 aromatic carbocycles. The van der Waals surface area contributed by atoms with Gasteiger partial charge in [-0.2, -0.15) is 5.10 Å². The number of aromatic nitrogens is 2. The number of rotatable bonds is 3. The van der Waals surface area contributed by atoms with Gasteiger partial charge in [-0.3, -0.25) is 14.8 Å². The van der Waals surface area contributed by atoms with E-state index in [0.29, 0.717) is 17.0 Å². The third-order valence-corrected chi connectivity index (χ3v) is 3.83. The molecule has 1 aromatic rings. The van der Waals surface area contributed by atoms with E-state index in [1.54, 1.807) is 6.07 Å². The molecule has 1 aliphatic heterocycles. The quantitative estimate of drug-likeness (QED) is 0.803. The summed E-state index contributed by atoms with van der Waals surface area (Å²) in [5.74, 6) is -0.106. The lowest BCUT2D eigenvalue weighted by Crippen LogP contribution is -2.27. The first-order chi connectivity index (χ1) is 7.85. The highest BCUT2D eigenvalue weighted by Gasteiger charge is 2.33. The monoisotopic (exact) mass is 322 g/mol. The van der Waals surface area contributed by atoms with Gasteiger partial charge in [-0.25, -0.2) is 13.6 Å². The van der Waals surface area contributed by atoms with E-state index in [9.17, 15) is 13.2 Å². The molecule has 2 heterocycles. The highest BCUT2D eigenvalue weighted by molar-refractivity contribution is 9.10. The van der Waals surface area contributed by atoms with E-state index in [0.717, 1.165) is 0 Å². The van der Waals surface area contributed by atoms with Gasteiger partial charge in [0.1, 0.15) is 4.60 Å². The molecule has 1 amide bonds. The van der Waals surface area contributed by atoms with Gasteiger partial charge in [-0.1, -0.05) is 0 Å². The minimum absolute atomic E-state index is 0.141. The summed E-state index contributed by atoms with van der Waals surface area (Å²) < 4.78 is 22.6. The van der Waals surface area contributed by atoms with Crippen LogP contribution in [0.2, 0.25) is 0 Å². The summed E-state index contributed by atoms with van der Waals surface area (Å²) in [4.78, 5) is 13.2. The topological polar surface area (TPSA) is 109 Å². The molecule has 1 aliphatic rings. The van der Waals surface area contributed by atoms with Crippen molar-refractivity contribution < 1.29 is 13.2 Å². The van der Waals surface area contributed by atoms with Crippen LogP contribution < -0.4 is 10.0 Å². The molecule has 1 atom stereocenters. The van der Waals surface area contributed by atoms with E-state index in [4.69, 9.17) is 5.14 Å². The minimum Gasteiger partial charge on any atom is -0.295 e. The molecule has 0 aliphatic carbocycles. The predicted molar refractivity (Wildman–Crippen MR) is 64.7 cm³/mol. The van der Waals surface area contributed by atoms with Crippen LogP contribution in [-0.2, 0) is 14.8 Å². The van der Waals surface area contributed by atoms with Crippen LogP contribution in [-0.4, -0.2) is 36.8 Å². The van der Waals surface area contributed by atoms with Gasteiger partial charge in [-0.15, -0.1) is 0 Å². The van der Waals surface area contributed by atoms with E-state index in [1.165, 1.54) is 4.90 Å². The van der Waals surface area contributed by atoms with Gasteiger partial charge in [0.2, 0.25) is 15.9 Å². The first kappa shape index (κ1) is 12.5. The highest BCUT2D eigenvalue weighted by atomic mass is 79.9. The second-order valence-corrected chi connectivity index (χ2v) is 6.49. The largest absolute Gasteiger partial charge is 0.295 e. The van der Waals surface area contributed by atoms with Crippen molar-refractivity contribution >= 4 is 37.7 Å². The predicted octanol–water partition coefficient (Wildman–Crippen LogP) is -0.186. The molecule has 17 heavy (non-hydrogen) atoms. The van der Waals surface area contributed by atoms with E-state index in [2.05, 4.69) is 26.1 Å². The molecule has 94 valence electrons. The first-order valence-electron chi connectivity index (χ1n) is 4.87. The van der Waals surface area contributed by atoms with Gasteiger partial charge in [0.05, 0.1) is 5.75 Å². The van der Waals surface area contributed by atoms with Crippen molar-refractivity contribution in [3.8, 4) is 0 Å². The molecule has 1 aromatic heterocycles. The Hall–Kier alpha value is -0.930. The molecular weight excluding hydrogens is 312 g/mol. The number of anilines is 1. The lowest BCUT2D eigenvalue weighted by atomic mass is 10.1. The van der Waals surface area contributed by atoms with Crippen LogP contribution in [0.25, 0.3) is 0 Å². The van der Waals surface area contributed by atoms with Crippen LogP contribution in [0.5, 0.6) is 0 Å². The lowest BCUT2D eigenvalue weighted by Gasteiger charge is -2.12. The Balaban J connectivity index is 2.10. The number of hydrogen-bond donors (Lipinski definition) is 2. The number of primary sulfonamides is 1. The number of nitrogens with two attached hydrogens (primary N) is 1. The van der Waals surface area contributed by atoms with Gasteiger partial charge in [-0.05, 0) is 15.9 Å². The van der Waals surface area contributed by atoms with Crippen LogP contribution in [0.1, 0.15) is 6.42 Å². The summed E-state index contributed by atoms with van der Waals surface area (Å²) in [5.41, 5.74) is 0. The molecule has 0 saturated carbocycles. The zero-order valence-corrected chi connectivity index (χ0v) is 11.2. The number of sulfonamides is 1. The molecule has 7 nitrogen and oxygen atoms in total. The Kier molecular flexibility index (Phi) is 3.23. The number of nitrogens with one attached hydrogen (secondary N) is 1. The van der Waals surface area contributed by atoms with Crippen LogP contribution in [0, 0.1) is 5.92 Å². The molecule has 9 heteroatoms. The van der Waals surface area contributed by atoms with Crippen LogP contribution in [0.4, 0.5) is 5.82 Å². The Labute approximate surface area is 107 Å². The van der Waals surface area contributed by atoms with Crippen molar-refractivity contribution in [1.29, 1.82) is 0 Å². The Morgan fingerprint density at radius 2 is 2.35 bits per heavy atom. The summed E-state index contributed by atoms with van der Waals surface area (Å²) in [6.07, 6.45) is 0.181. The van der Waals surface area contributed by atoms with Crippen molar-refractivity contribution in [3.05, 3.63) is 10.7 Å². The maximum absolute atomic E-state index is 11.7. The van der Waals surface area contributed by atoms with Crippen molar-refractivity contribution in [2.45, 2.75) is 6.42 Å². The molecular formula is C8H11BrN4O3S. The summed E-state index contributed by atoms with van der Waals surface area (Å²) in [5, 5.41) is 11.6. The zero-order chi connectivity index (χ0) is 12.6. The fourth-order valence-electron chi connectivity index (χ4n) is 1.87. The summed E-state index contributed by atoms with van der Waals surface area (Å²) in [6, 6.07) is 1.66. The SMILES string of the molecule is NS(=O)(=O)CC1CC(=O)N(c2cc(Br)[nH]n2)C1. The van der Waals surface area contributed by atoms with Crippen LogP contribution in [0.3, 0.4) is 0 Å². The number of amides is 1. The Morgan fingerprint density at radius 3 is 2.88 bits per heavy atom. The summed E-state index contributed by atoms with van der Waals surface area (Å²) in [6.45, 7) is 0.326. The molecule has 0 bridgehead atoms. The third-order valence-electron chi connectivity index (χ3n) is 2.48. The number of halogens is 1. The number of nitrogens with zero attached hydrogens (tertiary/aromatic N) is 2. The average molecular weight is 323 g/mol. The van der Waals surface area contributed by atoms with Gasteiger partial charge in [0.25, 0.3) is 0 Å². The van der Waals surface area contributed by atoms with Gasteiger partial charge < -0.3 is 0 Å². The average Bonchev–Trinajstić information content (AvgIpc) is 2.70. The second-order valence-electron chi connectivity index (χ2n) is 3.98. The van der Waals surface area contributed by atoms with E-state index in [-0.39, 0.29) is 24.0 Å². The van der Waals surface area contributed by atoms with Crippen LogP contribution >= 0.6 is 15.9 Å². The Bertz CT molecular complexity index is 541. The molecule has 3 N–H and O–H groups in total. The molecule has 0 spiro atoms. The second kappa shape index (κ2) is 4.39. The fourth-order valence-corrected chi connectivity index (χ4v) is 3.04. The van der Waals surface area contributed by atoms with E-state index >= 15 is 0 Å².